The molecule has 1 aromatic carbocycles. The van der Waals surface area contributed by atoms with Gasteiger partial charge in [-0.3, -0.25) is 9.89 Å². The number of hydrogen-bond acceptors (Lipinski definition) is 4. The summed E-state index contributed by atoms with van der Waals surface area (Å²) in [6.07, 6.45) is 2.24. The van der Waals surface area contributed by atoms with Gasteiger partial charge in [0, 0.05) is 26.7 Å². The second kappa shape index (κ2) is 10.6. The molecule has 1 aliphatic heterocycles. The third-order valence-electron chi connectivity index (χ3n) is 5.64. The van der Waals surface area contributed by atoms with Gasteiger partial charge >= 0.3 is 0 Å². The van der Waals surface area contributed by atoms with Crippen molar-refractivity contribution >= 4 is 5.96 Å². The molecule has 1 aliphatic rings. The van der Waals surface area contributed by atoms with E-state index in [-0.39, 0.29) is 5.82 Å². The molecule has 6 nitrogen and oxygen atoms in total. The highest BCUT2D eigenvalue weighted by Gasteiger charge is 2.21. The number of guanidine groups is 1. The lowest BCUT2D eigenvalue weighted by molar-refractivity contribution is 0.166. The maximum atomic E-state index is 13.5. The fourth-order valence-electron chi connectivity index (χ4n) is 3.79. The molecular weight excluding hydrogens is 381 g/mol. The van der Waals surface area contributed by atoms with E-state index in [1.54, 1.807) is 12.1 Å². The Morgan fingerprint density at radius 1 is 1.33 bits per heavy atom. The van der Waals surface area contributed by atoms with Crippen LogP contribution in [-0.4, -0.2) is 54.0 Å². The number of nitrogens with zero attached hydrogens (tertiary/aromatic N) is 4. The average Bonchev–Trinajstić information content (AvgIpc) is 3.03. The van der Waals surface area contributed by atoms with Crippen LogP contribution in [0.2, 0.25) is 0 Å². The molecule has 0 amide bonds. The summed E-state index contributed by atoms with van der Waals surface area (Å²) in [6, 6.07) is 6.74. The molecule has 3 rings (SSSR count). The molecule has 1 aromatic heterocycles. The van der Waals surface area contributed by atoms with Crippen molar-refractivity contribution in [3.63, 3.8) is 0 Å². The van der Waals surface area contributed by atoms with Crippen LogP contribution >= 0.6 is 0 Å². The molecule has 0 unspecified atom stereocenters. The van der Waals surface area contributed by atoms with Gasteiger partial charge in [-0.2, -0.15) is 0 Å². The van der Waals surface area contributed by atoms with Crippen molar-refractivity contribution in [2.45, 2.75) is 46.7 Å². The molecule has 0 atom stereocenters. The van der Waals surface area contributed by atoms with E-state index < -0.39 is 0 Å². The van der Waals surface area contributed by atoms with E-state index in [1.807, 2.05) is 27.0 Å². The van der Waals surface area contributed by atoms with Crippen molar-refractivity contribution in [2.75, 3.05) is 33.2 Å². The van der Waals surface area contributed by atoms with Crippen LogP contribution in [-0.2, 0) is 13.1 Å². The van der Waals surface area contributed by atoms with Gasteiger partial charge < -0.3 is 14.6 Å². The van der Waals surface area contributed by atoms with Crippen molar-refractivity contribution in [3.05, 3.63) is 53.0 Å². The third kappa shape index (κ3) is 6.29. The molecule has 1 N–H and O–H groups in total. The second-order valence-corrected chi connectivity index (χ2v) is 8.15. The maximum Gasteiger partial charge on any atom is 0.208 e. The monoisotopic (exact) mass is 415 g/mol. The second-order valence-electron chi connectivity index (χ2n) is 8.15. The van der Waals surface area contributed by atoms with Gasteiger partial charge in [0.2, 0.25) is 5.89 Å². The van der Waals surface area contributed by atoms with Crippen molar-refractivity contribution < 1.29 is 8.81 Å². The molecule has 164 valence electrons. The summed E-state index contributed by atoms with van der Waals surface area (Å²) in [6.45, 7) is 11.1. The van der Waals surface area contributed by atoms with Crippen molar-refractivity contribution in [1.29, 1.82) is 0 Å². The van der Waals surface area contributed by atoms with Gasteiger partial charge in [0.05, 0.1) is 12.2 Å². The van der Waals surface area contributed by atoms with Crippen LogP contribution in [0.5, 0.6) is 0 Å². The summed E-state index contributed by atoms with van der Waals surface area (Å²) in [5.41, 5.74) is 1.92. The highest BCUT2D eigenvalue weighted by atomic mass is 19.1. The number of halogens is 1. The molecule has 0 saturated carbocycles. The van der Waals surface area contributed by atoms with Gasteiger partial charge in [-0.25, -0.2) is 9.37 Å². The molecule has 0 spiro atoms. The van der Waals surface area contributed by atoms with Crippen molar-refractivity contribution in [1.82, 2.24) is 20.1 Å². The SMILES string of the molecule is CCNC(=NCC1CCN(Cc2nc(C)c(C)o2)CC1)N(C)Cc1cccc(F)c1. The number of aromatic nitrogens is 1. The van der Waals surface area contributed by atoms with Crippen LogP contribution in [0.4, 0.5) is 4.39 Å². The van der Waals surface area contributed by atoms with E-state index >= 15 is 0 Å². The number of likely N-dealkylation sites (tertiary alicyclic amines) is 1. The first-order valence-corrected chi connectivity index (χ1v) is 10.8. The number of aliphatic imine (C=N–C) groups is 1. The van der Waals surface area contributed by atoms with Gasteiger partial charge in [-0.05, 0) is 70.3 Å². The lowest BCUT2D eigenvalue weighted by Crippen LogP contribution is -2.39. The standard InChI is InChI=1S/C23H34FN5O/c1-5-25-23(28(4)15-20-7-6-8-21(24)13-20)26-14-19-9-11-29(12-10-19)16-22-27-17(2)18(3)30-22/h6-8,13,19H,5,9-12,14-16H2,1-4H3,(H,25,26). The van der Waals surface area contributed by atoms with Crippen LogP contribution in [0.15, 0.2) is 33.7 Å². The van der Waals surface area contributed by atoms with E-state index in [0.29, 0.717) is 12.5 Å². The zero-order chi connectivity index (χ0) is 21.5. The van der Waals surface area contributed by atoms with Gasteiger partial charge in [0.15, 0.2) is 5.96 Å². The molecule has 0 aliphatic carbocycles. The number of hydrogen-bond donors (Lipinski definition) is 1. The molecule has 1 saturated heterocycles. The van der Waals surface area contributed by atoms with E-state index in [2.05, 4.69) is 27.0 Å². The number of oxazole rings is 1. The minimum absolute atomic E-state index is 0.204. The molecule has 7 heteroatoms. The summed E-state index contributed by atoms with van der Waals surface area (Å²) < 4.78 is 19.2. The lowest BCUT2D eigenvalue weighted by atomic mass is 9.97. The summed E-state index contributed by atoms with van der Waals surface area (Å²) >= 11 is 0. The Kier molecular flexibility index (Phi) is 7.85. The molecular formula is C23H34FN5O. The van der Waals surface area contributed by atoms with E-state index in [9.17, 15) is 4.39 Å². The number of aryl methyl sites for hydroxylation is 2. The molecule has 30 heavy (non-hydrogen) atoms. The van der Waals surface area contributed by atoms with Crippen molar-refractivity contribution in [3.8, 4) is 0 Å². The van der Waals surface area contributed by atoms with Crippen molar-refractivity contribution in [2.24, 2.45) is 10.9 Å². The Bertz CT molecular complexity index is 822. The summed E-state index contributed by atoms with van der Waals surface area (Å²) in [5, 5.41) is 3.36. The average molecular weight is 416 g/mol. The van der Waals surface area contributed by atoms with Crippen LogP contribution < -0.4 is 5.32 Å². The van der Waals surface area contributed by atoms with E-state index in [1.165, 1.54) is 6.07 Å². The van der Waals surface area contributed by atoms with Crippen LogP contribution in [0.25, 0.3) is 0 Å². The minimum atomic E-state index is -0.204. The Hall–Kier alpha value is -2.41. The number of nitrogens with one attached hydrogen (secondary N) is 1. The van der Waals surface area contributed by atoms with Crippen LogP contribution in [0, 0.1) is 25.6 Å². The van der Waals surface area contributed by atoms with E-state index in [4.69, 9.17) is 9.41 Å². The molecule has 2 heterocycles. The van der Waals surface area contributed by atoms with Gasteiger partial charge in [-0.1, -0.05) is 12.1 Å². The summed E-state index contributed by atoms with van der Waals surface area (Å²) in [5.74, 6) is 2.97. The Labute approximate surface area is 179 Å². The van der Waals surface area contributed by atoms with Gasteiger partial charge in [-0.15, -0.1) is 0 Å². The number of piperidine rings is 1. The Balaban J connectivity index is 1.50. The first-order chi connectivity index (χ1) is 14.4. The third-order valence-corrected chi connectivity index (χ3v) is 5.64. The Morgan fingerprint density at radius 2 is 2.10 bits per heavy atom. The largest absolute Gasteiger partial charge is 0.444 e. The fourth-order valence-corrected chi connectivity index (χ4v) is 3.79. The Morgan fingerprint density at radius 3 is 2.73 bits per heavy atom. The van der Waals surface area contributed by atoms with Crippen LogP contribution in [0.3, 0.4) is 0 Å². The topological polar surface area (TPSA) is 56.9 Å². The zero-order valence-electron chi connectivity index (χ0n) is 18.6. The highest BCUT2D eigenvalue weighted by molar-refractivity contribution is 5.79. The molecule has 1 fully saturated rings. The van der Waals surface area contributed by atoms with Gasteiger partial charge in [0.1, 0.15) is 11.6 Å². The predicted octanol–water partition coefficient (Wildman–Crippen LogP) is 3.74. The normalized spacial score (nSPS) is 16.1. The fraction of sp³-hybridized carbons (Fsp3) is 0.565. The smallest absolute Gasteiger partial charge is 0.208 e. The summed E-state index contributed by atoms with van der Waals surface area (Å²) in [7, 11) is 2.00. The summed E-state index contributed by atoms with van der Waals surface area (Å²) in [4.78, 5) is 13.8. The number of rotatable bonds is 7. The first-order valence-electron chi connectivity index (χ1n) is 10.8. The first kappa shape index (κ1) is 22.3. The van der Waals surface area contributed by atoms with E-state index in [0.717, 1.165) is 74.4 Å². The lowest BCUT2D eigenvalue weighted by Gasteiger charge is -2.30. The molecule has 0 bridgehead atoms. The van der Waals surface area contributed by atoms with Gasteiger partial charge in [0.25, 0.3) is 0 Å². The molecule has 2 aromatic rings. The number of benzene rings is 1. The molecule has 0 radical (unpaired) electrons. The maximum absolute atomic E-state index is 13.5. The quantitative estimate of drug-likeness (QED) is 0.551. The zero-order valence-corrected chi connectivity index (χ0v) is 18.6. The minimum Gasteiger partial charge on any atom is -0.444 e. The predicted molar refractivity (Wildman–Crippen MR) is 118 cm³/mol. The highest BCUT2D eigenvalue weighted by Crippen LogP contribution is 2.20. The van der Waals surface area contributed by atoms with Crippen LogP contribution in [0.1, 0.15) is 42.7 Å².